The van der Waals surface area contributed by atoms with Crippen LogP contribution in [-0.4, -0.2) is 52.2 Å². The standard InChI is InChI=1S/C18H24N4O/c1-20(13-16-7-3-2-4-8-16)15-18(23)21-11-5-9-17(14-21)22-12-6-10-19-22/h2-4,6-8,10,12,17H,5,9,11,13-15H2,1H3. The number of hydrogen-bond acceptors (Lipinski definition) is 3. The minimum absolute atomic E-state index is 0.209. The molecule has 0 bridgehead atoms. The maximum atomic E-state index is 12.6. The van der Waals surface area contributed by atoms with Crippen LogP contribution < -0.4 is 0 Å². The zero-order chi connectivity index (χ0) is 16.1. The molecule has 0 aliphatic carbocycles. The first-order valence-electron chi connectivity index (χ1n) is 8.22. The first-order chi connectivity index (χ1) is 11.2. The van der Waals surface area contributed by atoms with Gasteiger partial charge in [-0.15, -0.1) is 0 Å². The van der Waals surface area contributed by atoms with E-state index in [0.717, 1.165) is 32.5 Å². The highest BCUT2D eigenvalue weighted by Gasteiger charge is 2.25. The van der Waals surface area contributed by atoms with E-state index in [2.05, 4.69) is 22.1 Å². The van der Waals surface area contributed by atoms with Crippen molar-refractivity contribution in [1.29, 1.82) is 0 Å². The normalized spacial score (nSPS) is 18.3. The number of rotatable bonds is 5. The first kappa shape index (κ1) is 15.7. The Morgan fingerprint density at radius 1 is 1.30 bits per heavy atom. The van der Waals surface area contributed by atoms with E-state index in [9.17, 15) is 4.79 Å². The van der Waals surface area contributed by atoms with Gasteiger partial charge in [-0.2, -0.15) is 5.10 Å². The number of aromatic nitrogens is 2. The Balaban J connectivity index is 1.53. The second-order valence-electron chi connectivity index (χ2n) is 6.28. The number of hydrogen-bond donors (Lipinski definition) is 0. The molecule has 2 heterocycles. The lowest BCUT2D eigenvalue weighted by Gasteiger charge is -2.34. The van der Waals surface area contributed by atoms with E-state index < -0.39 is 0 Å². The van der Waals surface area contributed by atoms with E-state index in [0.29, 0.717) is 12.6 Å². The third kappa shape index (κ3) is 4.20. The molecular weight excluding hydrogens is 288 g/mol. The summed E-state index contributed by atoms with van der Waals surface area (Å²) in [5.74, 6) is 0.209. The number of carbonyl (C=O) groups is 1. The number of likely N-dealkylation sites (tertiary alicyclic amines) is 1. The third-order valence-electron chi connectivity index (χ3n) is 4.35. The third-order valence-corrected chi connectivity index (χ3v) is 4.35. The van der Waals surface area contributed by atoms with Crippen LogP contribution in [0.3, 0.4) is 0 Å². The van der Waals surface area contributed by atoms with Gasteiger partial charge in [0.05, 0.1) is 12.6 Å². The molecule has 122 valence electrons. The Morgan fingerprint density at radius 2 is 2.13 bits per heavy atom. The minimum atomic E-state index is 0.209. The van der Waals surface area contributed by atoms with Crippen LogP contribution in [0.1, 0.15) is 24.4 Å². The van der Waals surface area contributed by atoms with Crippen molar-refractivity contribution in [2.75, 3.05) is 26.7 Å². The molecule has 1 aliphatic rings. The molecule has 1 aliphatic heterocycles. The number of likely N-dealkylation sites (N-methyl/N-ethyl adjacent to an activating group) is 1. The van der Waals surface area contributed by atoms with Gasteiger partial charge in [-0.25, -0.2) is 0 Å². The molecule has 1 unspecified atom stereocenters. The van der Waals surface area contributed by atoms with Gasteiger partial charge in [0.15, 0.2) is 0 Å². The number of benzene rings is 1. The van der Waals surface area contributed by atoms with Crippen molar-refractivity contribution < 1.29 is 4.79 Å². The molecule has 1 aromatic carbocycles. The van der Waals surface area contributed by atoms with Crippen LogP contribution in [0.15, 0.2) is 48.8 Å². The Labute approximate surface area is 137 Å². The lowest BCUT2D eigenvalue weighted by atomic mass is 10.1. The molecule has 1 aromatic heterocycles. The Bertz CT molecular complexity index is 611. The Morgan fingerprint density at radius 3 is 2.87 bits per heavy atom. The summed E-state index contributed by atoms with van der Waals surface area (Å²) in [5, 5.41) is 4.32. The Kier molecular flexibility index (Phi) is 5.08. The first-order valence-corrected chi connectivity index (χ1v) is 8.22. The van der Waals surface area contributed by atoms with E-state index in [1.165, 1.54) is 5.56 Å². The second-order valence-corrected chi connectivity index (χ2v) is 6.28. The van der Waals surface area contributed by atoms with Crippen LogP contribution in [0.25, 0.3) is 0 Å². The topological polar surface area (TPSA) is 41.4 Å². The van der Waals surface area contributed by atoms with Gasteiger partial charge >= 0.3 is 0 Å². The second kappa shape index (κ2) is 7.42. The Hall–Kier alpha value is -2.14. The molecule has 0 saturated carbocycles. The summed E-state index contributed by atoms with van der Waals surface area (Å²) in [7, 11) is 2.00. The van der Waals surface area contributed by atoms with E-state index >= 15 is 0 Å². The molecule has 0 N–H and O–H groups in total. The van der Waals surface area contributed by atoms with Crippen molar-refractivity contribution in [3.8, 4) is 0 Å². The molecule has 1 fully saturated rings. The van der Waals surface area contributed by atoms with Crippen LogP contribution in [0.4, 0.5) is 0 Å². The highest BCUT2D eigenvalue weighted by molar-refractivity contribution is 5.78. The quantitative estimate of drug-likeness (QED) is 0.850. The van der Waals surface area contributed by atoms with Crippen molar-refractivity contribution in [2.24, 2.45) is 0 Å². The largest absolute Gasteiger partial charge is 0.339 e. The summed E-state index contributed by atoms with van der Waals surface area (Å²) >= 11 is 0. The average molecular weight is 312 g/mol. The maximum absolute atomic E-state index is 12.6. The maximum Gasteiger partial charge on any atom is 0.236 e. The zero-order valence-corrected chi connectivity index (χ0v) is 13.6. The van der Waals surface area contributed by atoms with Gasteiger partial charge in [-0.05, 0) is 31.5 Å². The number of amides is 1. The van der Waals surface area contributed by atoms with Crippen molar-refractivity contribution >= 4 is 5.91 Å². The molecular formula is C18H24N4O. The van der Waals surface area contributed by atoms with E-state index in [-0.39, 0.29) is 5.91 Å². The average Bonchev–Trinajstić information content (AvgIpc) is 3.10. The molecule has 2 aromatic rings. The number of carbonyl (C=O) groups excluding carboxylic acids is 1. The van der Waals surface area contributed by atoms with Gasteiger partial charge in [0.25, 0.3) is 0 Å². The molecule has 0 spiro atoms. The highest BCUT2D eigenvalue weighted by Crippen LogP contribution is 2.20. The van der Waals surface area contributed by atoms with E-state index in [1.807, 2.05) is 47.1 Å². The predicted octanol–water partition coefficient (Wildman–Crippen LogP) is 2.18. The van der Waals surface area contributed by atoms with Gasteiger partial charge in [-0.3, -0.25) is 14.4 Å². The van der Waals surface area contributed by atoms with Crippen LogP contribution in [0.2, 0.25) is 0 Å². The van der Waals surface area contributed by atoms with Gasteiger partial charge in [0.2, 0.25) is 5.91 Å². The van der Waals surface area contributed by atoms with Gasteiger partial charge in [-0.1, -0.05) is 30.3 Å². The summed E-state index contributed by atoms with van der Waals surface area (Å²) in [6.45, 7) is 2.87. The smallest absolute Gasteiger partial charge is 0.236 e. The lowest BCUT2D eigenvalue weighted by Crippen LogP contribution is -2.44. The van der Waals surface area contributed by atoms with Gasteiger partial charge < -0.3 is 4.90 Å². The van der Waals surface area contributed by atoms with Crippen molar-refractivity contribution in [3.05, 3.63) is 54.4 Å². The molecule has 5 nitrogen and oxygen atoms in total. The zero-order valence-electron chi connectivity index (χ0n) is 13.6. The van der Waals surface area contributed by atoms with Crippen LogP contribution in [0.5, 0.6) is 0 Å². The molecule has 3 rings (SSSR count). The van der Waals surface area contributed by atoms with Crippen molar-refractivity contribution in [1.82, 2.24) is 19.6 Å². The molecule has 1 atom stereocenters. The highest BCUT2D eigenvalue weighted by atomic mass is 16.2. The van der Waals surface area contributed by atoms with Crippen molar-refractivity contribution in [3.63, 3.8) is 0 Å². The lowest BCUT2D eigenvalue weighted by molar-refractivity contribution is -0.133. The van der Waals surface area contributed by atoms with E-state index in [1.54, 1.807) is 6.20 Å². The number of piperidine rings is 1. The summed E-state index contributed by atoms with van der Waals surface area (Å²) in [6.07, 6.45) is 5.92. The minimum Gasteiger partial charge on any atom is -0.339 e. The van der Waals surface area contributed by atoms with Gasteiger partial charge in [0, 0.05) is 32.0 Å². The molecule has 5 heteroatoms. The number of nitrogens with zero attached hydrogens (tertiary/aromatic N) is 4. The SMILES string of the molecule is CN(CC(=O)N1CCCC(n2cccn2)C1)Cc1ccccc1. The van der Waals surface area contributed by atoms with Gasteiger partial charge in [0.1, 0.15) is 0 Å². The monoisotopic (exact) mass is 312 g/mol. The van der Waals surface area contributed by atoms with E-state index in [4.69, 9.17) is 0 Å². The fraction of sp³-hybridized carbons (Fsp3) is 0.444. The molecule has 0 radical (unpaired) electrons. The molecule has 1 amide bonds. The van der Waals surface area contributed by atoms with Crippen LogP contribution in [0, 0.1) is 0 Å². The summed E-state index contributed by atoms with van der Waals surface area (Å²) in [5.41, 5.74) is 1.23. The van der Waals surface area contributed by atoms with Crippen LogP contribution >= 0.6 is 0 Å². The predicted molar refractivity (Wildman–Crippen MR) is 89.9 cm³/mol. The summed E-state index contributed by atoms with van der Waals surface area (Å²) < 4.78 is 1.98. The summed E-state index contributed by atoms with van der Waals surface area (Å²) in [4.78, 5) is 16.6. The summed E-state index contributed by atoms with van der Waals surface area (Å²) in [6, 6.07) is 12.5. The van der Waals surface area contributed by atoms with Crippen molar-refractivity contribution in [2.45, 2.75) is 25.4 Å². The van der Waals surface area contributed by atoms with Crippen LogP contribution in [-0.2, 0) is 11.3 Å². The fourth-order valence-electron chi connectivity index (χ4n) is 3.18. The fourth-order valence-corrected chi connectivity index (χ4v) is 3.18. The molecule has 23 heavy (non-hydrogen) atoms. The molecule has 1 saturated heterocycles.